The smallest absolute Gasteiger partial charge is 0.322 e. The molecule has 2 aliphatic rings. The van der Waals surface area contributed by atoms with Gasteiger partial charge in [-0.3, -0.25) is 4.79 Å². The summed E-state index contributed by atoms with van der Waals surface area (Å²) in [7, 11) is -8.24. The van der Waals surface area contributed by atoms with Gasteiger partial charge in [-0.25, -0.2) is 21.6 Å². The van der Waals surface area contributed by atoms with E-state index < -0.39 is 32.1 Å². The Kier molecular flexibility index (Phi) is 4.89. The van der Waals surface area contributed by atoms with Gasteiger partial charge in [0.05, 0.1) is 0 Å². The van der Waals surface area contributed by atoms with Crippen LogP contribution in [0.3, 0.4) is 0 Å². The van der Waals surface area contributed by atoms with Crippen molar-refractivity contribution in [3.8, 4) is 0 Å². The Bertz CT molecular complexity index is 877. The highest BCUT2D eigenvalue weighted by atomic mass is 32.2. The van der Waals surface area contributed by atoms with Crippen molar-refractivity contribution in [1.82, 2.24) is 9.03 Å². The second kappa shape index (κ2) is 6.67. The largest absolute Gasteiger partial charge is 0.480 e. The predicted molar refractivity (Wildman–Crippen MR) is 89.0 cm³/mol. The van der Waals surface area contributed by atoms with Crippen molar-refractivity contribution in [2.75, 3.05) is 6.54 Å². The Morgan fingerprint density at radius 2 is 1.68 bits per heavy atom. The van der Waals surface area contributed by atoms with Crippen LogP contribution >= 0.6 is 0 Å². The monoisotopic (exact) mass is 388 g/mol. The van der Waals surface area contributed by atoms with Crippen molar-refractivity contribution in [2.24, 2.45) is 0 Å². The van der Waals surface area contributed by atoms with Gasteiger partial charge in [0.25, 0.3) is 0 Å². The van der Waals surface area contributed by atoms with Gasteiger partial charge >= 0.3 is 5.97 Å². The van der Waals surface area contributed by atoms with Gasteiger partial charge in [-0.15, -0.1) is 0 Å². The zero-order chi connectivity index (χ0) is 18.2. The number of benzene rings is 1. The molecule has 0 amide bonds. The lowest BCUT2D eigenvalue weighted by Crippen LogP contribution is -2.48. The van der Waals surface area contributed by atoms with Crippen LogP contribution in [0.15, 0.2) is 34.1 Å². The summed E-state index contributed by atoms with van der Waals surface area (Å²) >= 11 is 0. The number of piperidine rings is 1. The number of hydrogen-bond acceptors (Lipinski definition) is 5. The van der Waals surface area contributed by atoms with Gasteiger partial charge < -0.3 is 5.11 Å². The first kappa shape index (κ1) is 18.3. The molecule has 1 unspecified atom stereocenters. The molecule has 1 heterocycles. The lowest BCUT2D eigenvalue weighted by Gasteiger charge is -2.32. The van der Waals surface area contributed by atoms with Crippen LogP contribution < -0.4 is 4.72 Å². The van der Waals surface area contributed by atoms with E-state index in [1.807, 2.05) is 0 Å². The maximum Gasteiger partial charge on any atom is 0.322 e. The fourth-order valence-electron chi connectivity index (χ4n) is 2.94. The van der Waals surface area contributed by atoms with Gasteiger partial charge in [-0.2, -0.15) is 4.31 Å². The van der Waals surface area contributed by atoms with Crippen molar-refractivity contribution in [3.63, 3.8) is 0 Å². The minimum atomic E-state index is -4.25. The molecule has 2 N–H and O–H groups in total. The molecule has 0 spiro atoms. The Labute approximate surface area is 146 Å². The molecule has 10 heteroatoms. The second-order valence-electron chi connectivity index (χ2n) is 6.31. The van der Waals surface area contributed by atoms with E-state index in [4.69, 9.17) is 0 Å². The summed E-state index contributed by atoms with van der Waals surface area (Å²) in [5.41, 5.74) is 0. The van der Waals surface area contributed by atoms with Gasteiger partial charge in [-0.05, 0) is 44.2 Å². The van der Waals surface area contributed by atoms with Gasteiger partial charge in [0.2, 0.25) is 20.0 Å². The number of sulfonamides is 2. The first-order valence-electron chi connectivity index (χ1n) is 8.09. The Morgan fingerprint density at radius 1 is 1.04 bits per heavy atom. The lowest BCUT2D eigenvalue weighted by molar-refractivity contribution is -0.142. The van der Waals surface area contributed by atoms with Crippen LogP contribution in [0.25, 0.3) is 0 Å². The van der Waals surface area contributed by atoms with E-state index in [-0.39, 0.29) is 28.8 Å². The molecule has 1 aromatic rings. The third-order valence-electron chi connectivity index (χ3n) is 4.36. The molecule has 1 aliphatic carbocycles. The molecule has 0 aromatic heterocycles. The number of rotatable bonds is 6. The SMILES string of the molecule is O=C(O)C1CCCCN1S(=O)(=O)c1ccccc1S(=O)(=O)NC1CC1. The first-order valence-corrected chi connectivity index (χ1v) is 11.0. The van der Waals surface area contributed by atoms with Gasteiger partial charge in [0.1, 0.15) is 15.8 Å². The summed E-state index contributed by atoms with van der Waals surface area (Å²) in [4.78, 5) is 10.7. The third-order valence-corrected chi connectivity index (χ3v) is 8.04. The quantitative estimate of drug-likeness (QED) is 0.742. The highest BCUT2D eigenvalue weighted by Crippen LogP contribution is 2.30. The van der Waals surface area contributed by atoms with E-state index in [0.29, 0.717) is 12.8 Å². The standard InChI is InChI=1S/C15H20N2O6S2/c18-15(19)12-5-3-4-10-17(12)25(22,23)14-7-2-1-6-13(14)24(20,21)16-11-8-9-11/h1-2,6-7,11-12,16H,3-5,8-10H2,(H,18,19). The summed E-state index contributed by atoms with van der Waals surface area (Å²) < 4.78 is 54.5. The normalized spacial score (nSPS) is 22.6. The maximum atomic E-state index is 13.0. The van der Waals surface area contributed by atoms with Crippen LogP contribution in [0.5, 0.6) is 0 Å². The molecule has 1 saturated heterocycles. The van der Waals surface area contributed by atoms with Crippen molar-refractivity contribution in [2.45, 2.75) is 54.0 Å². The summed E-state index contributed by atoms with van der Waals surface area (Å²) in [6.45, 7) is 0.0593. The number of nitrogens with zero attached hydrogens (tertiary/aromatic N) is 1. The lowest BCUT2D eigenvalue weighted by atomic mass is 10.1. The summed E-state index contributed by atoms with van der Waals surface area (Å²) in [6.07, 6.45) is 2.82. The second-order valence-corrected chi connectivity index (χ2v) is 9.85. The topological polar surface area (TPSA) is 121 Å². The number of aliphatic carboxylic acids is 1. The third kappa shape index (κ3) is 3.71. The number of hydrogen-bond donors (Lipinski definition) is 2. The fourth-order valence-corrected chi connectivity index (χ4v) is 6.70. The van der Waals surface area contributed by atoms with E-state index in [9.17, 15) is 26.7 Å². The van der Waals surface area contributed by atoms with Gasteiger partial charge in [0, 0.05) is 12.6 Å². The van der Waals surface area contributed by atoms with Gasteiger partial charge in [0.15, 0.2) is 0 Å². The zero-order valence-electron chi connectivity index (χ0n) is 13.5. The summed E-state index contributed by atoms with van der Waals surface area (Å²) in [5, 5.41) is 9.34. The number of carboxylic acids is 1. The van der Waals surface area contributed by atoms with E-state index in [1.54, 1.807) is 0 Å². The molecule has 138 valence electrons. The summed E-state index contributed by atoms with van der Waals surface area (Å²) in [5.74, 6) is -1.22. The van der Waals surface area contributed by atoms with Crippen molar-refractivity contribution < 1.29 is 26.7 Å². The van der Waals surface area contributed by atoms with Crippen LogP contribution in [-0.4, -0.2) is 50.8 Å². The molecule has 1 atom stereocenters. The molecule has 25 heavy (non-hydrogen) atoms. The van der Waals surface area contributed by atoms with E-state index in [1.165, 1.54) is 24.3 Å². The molecular weight excluding hydrogens is 368 g/mol. The van der Waals surface area contributed by atoms with Crippen LogP contribution in [0.4, 0.5) is 0 Å². The average molecular weight is 388 g/mol. The van der Waals surface area contributed by atoms with Crippen LogP contribution in [-0.2, 0) is 24.8 Å². The minimum absolute atomic E-state index is 0.0593. The van der Waals surface area contributed by atoms with E-state index in [2.05, 4.69) is 4.72 Å². The van der Waals surface area contributed by atoms with Crippen molar-refractivity contribution >= 4 is 26.0 Å². The Hall–Kier alpha value is -1.49. The Balaban J connectivity index is 2.04. The zero-order valence-corrected chi connectivity index (χ0v) is 15.1. The number of nitrogens with one attached hydrogen (secondary N) is 1. The van der Waals surface area contributed by atoms with Crippen molar-refractivity contribution in [1.29, 1.82) is 0 Å². The van der Waals surface area contributed by atoms with E-state index >= 15 is 0 Å². The van der Waals surface area contributed by atoms with Gasteiger partial charge in [-0.1, -0.05) is 12.1 Å². The highest BCUT2D eigenvalue weighted by Gasteiger charge is 2.40. The average Bonchev–Trinajstić information content (AvgIpc) is 3.38. The van der Waals surface area contributed by atoms with Crippen LogP contribution in [0, 0.1) is 0 Å². The number of carbonyl (C=O) groups is 1. The number of carboxylic acid groups (broad SMARTS) is 1. The molecule has 3 rings (SSSR count). The molecule has 0 bridgehead atoms. The van der Waals surface area contributed by atoms with Crippen LogP contribution in [0.1, 0.15) is 32.1 Å². The molecule has 2 fully saturated rings. The van der Waals surface area contributed by atoms with Crippen molar-refractivity contribution in [3.05, 3.63) is 24.3 Å². The molecule has 8 nitrogen and oxygen atoms in total. The molecule has 0 radical (unpaired) electrons. The first-order chi connectivity index (χ1) is 11.7. The Morgan fingerprint density at radius 3 is 2.28 bits per heavy atom. The molecule has 1 saturated carbocycles. The molecular formula is C15H20N2O6S2. The molecule has 1 aromatic carbocycles. The fraction of sp³-hybridized carbons (Fsp3) is 0.533. The molecule has 1 aliphatic heterocycles. The predicted octanol–water partition coefficient (Wildman–Crippen LogP) is 0.755. The van der Waals surface area contributed by atoms with E-state index in [0.717, 1.165) is 17.1 Å². The summed E-state index contributed by atoms with van der Waals surface area (Å²) in [6, 6.07) is 3.99. The minimum Gasteiger partial charge on any atom is -0.480 e. The highest BCUT2D eigenvalue weighted by molar-refractivity contribution is 7.92. The maximum absolute atomic E-state index is 13.0. The van der Waals surface area contributed by atoms with Crippen LogP contribution in [0.2, 0.25) is 0 Å².